The van der Waals surface area contributed by atoms with Crippen LogP contribution in [0.4, 0.5) is 0 Å². The Kier molecular flexibility index (Phi) is 14.3. The second-order valence-corrected chi connectivity index (χ2v) is 15.0. The van der Waals surface area contributed by atoms with Crippen LogP contribution in [0.1, 0.15) is 60.8 Å². The van der Waals surface area contributed by atoms with Crippen LogP contribution in [0.25, 0.3) is 0 Å². The van der Waals surface area contributed by atoms with Gasteiger partial charge < -0.3 is 29.7 Å². The molecule has 4 rings (SSSR count). The third kappa shape index (κ3) is 10.6. The maximum absolute atomic E-state index is 6.12. The van der Waals surface area contributed by atoms with Crippen molar-refractivity contribution >= 4 is 0 Å². The molecule has 4 aliphatic rings. The van der Waals surface area contributed by atoms with Crippen LogP contribution in [0.2, 0.25) is 0 Å². The Morgan fingerprint density at radius 3 is 2.14 bits per heavy atom. The minimum Gasteiger partial charge on any atom is -0.377 e. The predicted molar refractivity (Wildman–Crippen MR) is 177 cm³/mol. The maximum Gasteiger partial charge on any atom is 0.0597 e. The van der Waals surface area contributed by atoms with Gasteiger partial charge in [0.05, 0.1) is 12.7 Å². The Morgan fingerprint density at radius 1 is 0.762 bits per heavy atom. The first-order valence-electron chi connectivity index (χ1n) is 17.9. The highest BCUT2D eigenvalue weighted by Crippen LogP contribution is 2.33. The Morgan fingerprint density at radius 2 is 1.48 bits per heavy atom. The van der Waals surface area contributed by atoms with Gasteiger partial charge in [0.2, 0.25) is 0 Å². The SMILES string of the molecule is CC(C)OCCN1CCN(CC2CCNCC2)CC1C1CN(CCN(C)C(C)C)CCC1CN1CCN(C(C)C)CC1. The van der Waals surface area contributed by atoms with Crippen LogP contribution in [0.5, 0.6) is 0 Å². The van der Waals surface area contributed by atoms with E-state index in [1.165, 1.54) is 117 Å². The lowest BCUT2D eigenvalue weighted by Gasteiger charge is -2.51. The number of ether oxygens (including phenoxy) is 1. The molecule has 0 aromatic carbocycles. The average Bonchev–Trinajstić information content (AvgIpc) is 2.97. The van der Waals surface area contributed by atoms with Gasteiger partial charge in [0.1, 0.15) is 0 Å². The molecule has 4 saturated heterocycles. The number of hydrogen-bond acceptors (Lipinski definition) is 8. The molecule has 0 spiro atoms. The molecular formula is C34H69N7O. The van der Waals surface area contributed by atoms with Crippen molar-refractivity contribution in [2.45, 2.75) is 85.0 Å². The second kappa shape index (κ2) is 17.4. The molecule has 4 heterocycles. The number of likely N-dealkylation sites (tertiary alicyclic amines) is 1. The zero-order valence-electron chi connectivity index (χ0n) is 28.8. The fraction of sp³-hybridized carbons (Fsp3) is 1.00. The van der Waals surface area contributed by atoms with Crippen molar-refractivity contribution in [1.82, 2.24) is 34.7 Å². The van der Waals surface area contributed by atoms with Gasteiger partial charge in [-0.15, -0.1) is 0 Å². The van der Waals surface area contributed by atoms with Gasteiger partial charge in [-0.2, -0.15) is 0 Å². The van der Waals surface area contributed by atoms with E-state index < -0.39 is 0 Å². The van der Waals surface area contributed by atoms with E-state index in [0.717, 1.165) is 30.9 Å². The second-order valence-electron chi connectivity index (χ2n) is 15.0. The molecule has 0 saturated carbocycles. The van der Waals surface area contributed by atoms with Crippen molar-refractivity contribution in [2.24, 2.45) is 17.8 Å². The maximum atomic E-state index is 6.12. The highest BCUT2D eigenvalue weighted by molar-refractivity contribution is 4.96. The molecule has 0 aliphatic carbocycles. The summed E-state index contributed by atoms with van der Waals surface area (Å²) in [6, 6.07) is 1.91. The molecule has 3 unspecified atom stereocenters. The molecule has 0 amide bonds. The van der Waals surface area contributed by atoms with Crippen LogP contribution >= 0.6 is 0 Å². The minimum atomic E-state index is 0.310. The van der Waals surface area contributed by atoms with E-state index in [4.69, 9.17) is 4.74 Å². The van der Waals surface area contributed by atoms with Gasteiger partial charge >= 0.3 is 0 Å². The number of piperazine rings is 2. The van der Waals surface area contributed by atoms with Gasteiger partial charge in [0.25, 0.3) is 0 Å². The molecule has 0 aromatic heterocycles. The number of nitrogens with zero attached hydrogens (tertiary/aromatic N) is 6. The number of rotatable bonds is 14. The fourth-order valence-corrected chi connectivity index (χ4v) is 7.91. The average molecular weight is 592 g/mol. The molecule has 1 N–H and O–H groups in total. The molecule has 0 bridgehead atoms. The van der Waals surface area contributed by atoms with Gasteiger partial charge in [-0.1, -0.05) is 0 Å². The molecular weight excluding hydrogens is 522 g/mol. The number of likely N-dealkylation sites (N-methyl/N-ethyl adjacent to an activating group) is 1. The van der Waals surface area contributed by atoms with Gasteiger partial charge in [-0.3, -0.25) is 9.80 Å². The molecule has 4 fully saturated rings. The fourth-order valence-electron chi connectivity index (χ4n) is 7.91. The third-order valence-electron chi connectivity index (χ3n) is 11.1. The topological polar surface area (TPSA) is 40.7 Å². The van der Waals surface area contributed by atoms with Crippen LogP contribution < -0.4 is 5.32 Å². The Labute approximate surface area is 260 Å². The molecule has 3 atom stereocenters. The summed E-state index contributed by atoms with van der Waals surface area (Å²) in [5.74, 6) is 2.37. The Balaban J connectivity index is 1.47. The van der Waals surface area contributed by atoms with E-state index >= 15 is 0 Å². The van der Waals surface area contributed by atoms with Crippen LogP contribution in [-0.2, 0) is 4.74 Å². The van der Waals surface area contributed by atoms with Crippen molar-refractivity contribution in [3.8, 4) is 0 Å². The van der Waals surface area contributed by atoms with Gasteiger partial charge in [-0.05, 0) is 105 Å². The van der Waals surface area contributed by atoms with E-state index in [-0.39, 0.29) is 0 Å². The van der Waals surface area contributed by atoms with Crippen molar-refractivity contribution in [3.05, 3.63) is 0 Å². The number of hydrogen-bond donors (Lipinski definition) is 1. The summed E-state index contributed by atoms with van der Waals surface area (Å²) in [7, 11) is 2.29. The van der Waals surface area contributed by atoms with Crippen LogP contribution in [0.15, 0.2) is 0 Å². The Hall–Kier alpha value is -0.320. The van der Waals surface area contributed by atoms with Crippen molar-refractivity contribution in [3.63, 3.8) is 0 Å². The van der Waals surface area contributed by atoms with E-state index in [0.29, 0.717) is 24.2 Å². The van der Waals surface area contributed by atoms with Gasteiger partial charge in [0, 0.05) is 103 Å². The summed E-state index contributed by atoms with van der Waals surface area (Å²) in [5.41, 5.74) is 0. The molecule has 8 heteroatoms. The number of nitrogens with one attached hydrogen (secondary N) is 1. The molecule has 4 aliphatic heterocycles. The lowest BCUT2D eigenvalue weighted by Crippen LogP contribution is -2.62. The summed E-state index contributed by atoms with van der Waals surface area (Å²) < 4.78 is 6.12. The minimum absolute atomic E-state index is 0.310. The van der Waals surface area contributed by atoms with Crippen molar-refractivity contribution in [2.75, 3.05) is 118 Å². The first-order chi connectivity index (χ1) is 20.2. The highest BCUT2D eigenvalue weighted by atomic mass is 16.5. The summed E-state index contributed by atoms with van der Waals surface area (Å²) in [5, 5.41) is 3.58. The normalized spacial score (nSPS) is 29.1. The predicted octanol–water partition coefficient (Wildman–Crippen LogP) is 2.70. The standard InChI is InChI=1S/C34H69N7O/c1-28(2)36(7)14-15-37-13-10-32(25-38-16-19-40(20-17-38)29(3)4)33(26-37)34-27-39(24-31-8-11-35-12-9-31)18-21-41(34)22-23-42-30(5)6/h28-35H,8-27H2,1-7H3. The lowest BCUT2D eigenvalue weighted by atomic mass is 9.78. The number of piperidine rings is 2. The summed E-state index contributed by atoms with van der Waals surface area (Å²) in [6.45, 7) is 34.1. The van der Waals surface area contributed by atoms with Crippen LogP contribution in [0.3, 0.4) is 0 Å². The Bertz CT molecular complexity index is 737. The third-order valence-corrected chi connectivity index (χ3v) is 11.1. The quantitative estimate of drug-likeness (QED) is 0.331. The lowest BCUT2D eigenvalue weighted by molar-refractivity contribution is -0.0390. The zero-order valence-corrected chi connectivity index (χ0v) is 28.8. The van der Waals surface area contributed by atoms with Crippen molar-refractivity contribution < 1.29 is 4.74 Å². The molecule has 246 valence electrons. The first-order valence-corrected chi connectivity index (χ1v) is 17.9. The molecule has 0 radical (unpaired) electrons. The van der Waals surface area contributed by atoms with Gasteiger partial charge in [0.15, 0.2) is 0 Å². The largest absolute Gasteiger partial charge is 0.377 e. The molecule has 0 aromatic rings. The monoisotopic (exact) mass is 592 g/mol. The van der Waals surface area contributed by atoms with E-state index in [1.807, 2.05) is 0 Å². The van der Waals surface area contributed by atoms with Gasteiger partial charge in [-0.25, -0.2) is 0 Å². The van der Waals surface area contributed by atoms with Crippen LogP contribution in [0, 0.1) is 17.8 Å². The summed E-state index contributed by atoms with van der Waals surface area (Å²) in [4.78, 5) is 16.6. The summed E-state index contributed by atoms with van der Waals surface area (Å²) in [6.07, 6.45) is 4.35. The van der Waals surface area contributed by atoms with Crippen LogP contribution in [-0.4, -0.2) is 172 Å². The van der Waals surface area contributed by atoms with Crippen molar-refractivity contribution in [1.29, 1.82) is 0 Å². The zero-order chi connectivity index (χ0) is 30.1. The summed E-state index contributed by atoms with van der Waals surface area (Å²) >= 11 is 0. The van der Waals surface area contributed by atoms with E-state index in [9.17, 15) is 0 Å². The molecule has 8 nitrogen and oxygen atoms in total. The van der Waals surface area contributed by atoms with E-state index in [1.54, 1.807) is 0 Å². The highest BCUT2D eigenvalue weighted by Gasteiger charge is 2.41. The van der Waals surface area contributed by atoms with E-state index in [2.05, 4.69) is 83.3 Å². The smallest absolute Gasteiger partial charge is 0.0597 e. The first kappa shape index (κ1) is 34.6. The molecule has 42 heavy (non-hydrogen) atoms.